The quantitative estimate of drug-likeness (QED) is 0.841. The number of primary amides is 1. The molecule has 0 aliphatic rings. The number of ether oxygens (including phenoxy) is 1. The van der Waals surface area contributed by atoms with Crippen molar-refractivity contribution in [3.05, 3.63) is 35.7 Å². The number of benzene rings is 1. The number of hydrogen-bond donors (Lipinski definition) is 1. The van der Waals surface area contributed by atoms with Crippen LogP contribution < -0.4 is 10.5 Å². The van der Waals surface area contributed by atoms with Crippen molar-refractivity contribution < 1.29 is 35.9 Å². The lowest BCUT2D eigenvalue weighted by molar-refractivity contribution is -0.143. The zero-order valence-electron chi connectivity index (χ0n) is 12.4. The number of amides is 1. The zero-order valence-corrected chi connectivity index (χ0v) is 12.4. The number of carbonyl (C=O) groups excluding carboxylic acids is 1. The van der Waals surface area contributed by atoms with E-state index in [0.717, 1.165) is 6.33 Å². The zero-order chi connectivity index (χ0) is 19.0. The Hall–Kier alpha value is -2.79. The van der Waals surface area contributed by atoms with Gasteiger partial charge < -0.3 is 10.5 Å². The lowest BCUT2D eigenvalue weighted by Crippen LogP contribution is -2.31. The lowest BCUT2D eigenvalue weighted by Gasteiger charge is -2.13. The molecule has 0 radical (unpaired) electrons. The Morgan fingerprint density at radius 2 is 1.64 bits per heavy atom. The van der Waals surface area contributed by atoms with Crippen LogP contribution >= 0.6 is 0 Å². The van der Waals surface area contributed by atoms with Gasteiger partial charge in [0.1, 0.15) is 6.33 Å². The molecule has 1 unspecified atom stereocenters. The summed E-state index contributed by atoms with van der Waals surface area (Å²) in [7, 11) is 0. The summed E-state index contributed by atoms with van der Waals surface area (Å²) in [5.41, 5.74) is 1.43. The fraction of sp³-hybridized carbons (Fsp3) is 0.308. The Labute approximate surface area is 136 Å². The van der Waals surface area contributed by atoms with E-state index in [4.69, 9.17) is 10.5 Å². The number of halogens is 6. The van der Waals surface area contributed by atoms with Crippen molar-refractivity contribution in [1.29, 1.82) is 0 Å². The summed E-state index contributed by atoms with van der Waals surface area (Å²) in [6, 6.07) is 0.515. The van der Waals surface area contributed by atoms with E-state index in [-0.39, 0.29) is 6.07 Å². The Bertz CT molecular complexity index is 751. The summed E-state index contributed by atoms with van der Waals surface area (Å²) >= 11 is 0. The topological polar surface area (TPSA) is 83.0 Å². The largest absolute Gasteiger partial charge is 0.449 e. The lowest BCUT2D eigenvalue weighted by atomic mass is 10.1. The molecule has 0 bridgehead atoms. The van der Waals surface area contributed by atoms with Gasteiger partial charge in [-0.15, -0.1) is 5.10 Å². The van der Waals surface area contributed by atoms with Gasteiger partial charge in [-0.3, -0.25) is 4.79 Å². The maximum absolute atomic E-state index is 12.8. The third-order valence-electron chi connectivity index (χ3n) is 2.99. The van der Waals surface area contributed by atoms with Crippen molar-refractivity contribution in [1.82, 2.24) is 14.8 Å². The highest BCUT2D eigenvalue weighted by molar-refractivity contribution is 5.78. The first-order valence-electron chi connectivity index (χ1n) is 6.55. The van der Waals surface area contributed by atoms with Crippen LogP contribution in [0.2, 0.25) is 0 Å². The highest BCUT2D eigenvalue weighted by Crippen LogP contribution is 2.37. The van der Waals surface area contributed by atoms with Crippen LogP contribution in [0.4, 0.5) is 26.3 Å². The van der Waals surface area contributed by atoms with E-state index in [2.05, 4.69) is 10.1 Å². The molecule has 1 atom stereocenters. The molecule has 6 nitrogen and oxygen atoms in total. The minimum absolute atomic E-state index is 0.00694. The molecule has 2 N–H and O–H groups in total. The monoisotopic (exact) mass is 368 g/mol. The fourth-order valence-electron chi connectivity index (χ4n) is 1.71. The van der Waals surface area contributed by atoms with Crippen LogP contribution in [-0.4, -0.2) is 26.8 Å². The van der Waals surface area contributed by atoms with Gasteiger partial charge in [0.2, 0.25) is 0 Å². The van der Waals surface area contributed by atoms with Crippen LogP contribution in [0.1, 0.15) is 18.1 Å². The van der Waals surface area contributed by atoms with Gasteiger partial charge in [-0.05, 0) is 25.1 Å². The van der Waals surface area contributed by atoms with Crippen molar-refractivity contribution in [3.8, 4) is 11.7 Å². The Morgan fingerprint density at radius 1 is 1.12 bits per heavy atom. The van der Waals surface area contributed by atoms with E-state index in [1.165, 1.54) is 6.92 Å². The highest BCUT2D eigenvalue weighted by atomic mass is 19.4. The molecule has 0 saturated carbocycles. The number of carbonyl (C=O) groups is 1. The third kappa shape index (κ3) is 4.39. The Balaban J connectivity index is 2.45. The summed E-state index contributed by atoms with van der Waals surface area (Å²) in [5.74, 6) is -0.852. The summed E-state index contributed by atoms with van der Waals surface area (Å²) in [5, 5.41) is 3.59. The molecular formula is C13H10F6N4O2. The molecular weight excluding hydrogens is 358 g/mol. The maximum Gasteiger partial charge on any atom is 0.416 e. The number of nitrogens with zero attached hydrogens (tertiary/aromatic N) is 3. The average molecular weight is 368 g/mol. The summed E-state index contributed by atoms with van der Waals surface area (Å²) < 4.78 is 82.5. The molecule has 0 spiro atoms. The van der Waals surface area contributed by atoms with Crippen molar-refractivity contribution in [2.75, 3.05) is 0 Å². The van der Waals surface area contributed by atoms with Gasteiger partial charge in [0, 0.05) is 0 Å². The van der Waals surface area contributed by atoms with E-state index in [1.807, 2.05) is 0 Å². The van der Waals surface area contributed by atoms with Crippen LogP contribution in [0.15, 0.2) is 24.5 Å². The second-order valence-electron chi connectivity index (χ2n) is 4.90. The van der Waals surface area contributed by atoms with Crippen molar-refractivity contribution in [2.45, 2.75) is 25.4 Å². The minimum Gasteiger partial charge on any atom is -0.449 e. The molecule has 0 aliphatic heterocycles. The minimum atomic E-state index is -4.99. The first-order valence-corrected chi connectivity index (χ1v) is 6.55. The SMILES string of the molecule is CC(Oc1ncn(-c2cc(C(F)(F)F)cc(C(F)(F)F)c2)n1)C(N)=O. The predicted octanol–water partition coefficient (Wildman–Crippen LogP) is 2.56. The molecule has 1 heterocycles. The van der Waals surface area contributed by atoms with Crippen LogP contribution in [0.5, 0.6) is 6.01 Å². The van der Waals surface area contributed by atoms with Gasteiger partial charge in [0.05, 0.1) is 16.8 Å². The molecule has 136 valence electrons. The first-order chi connectivity index (χ1) is 11.4. The predicted molar refractivity (Wildman–Crippen MR) is 70.6 cm³/mol. The molecule has 2 aromatic rings. The van der Waals surface area contributed by atoms with Gasteiger partial charge in [-0.1, -0.05) is 0 Å². The van der Waals surface area contributed by atoms with Gasteiger partial charge >= 0.3 is 18.4 Å². The third-order valence-corrected chi connectivity index (χ3v) is 2.99. The van der Waals surface area contributed by atoms with Gasteiger partial charge in [-0.25, -0.2) is 4.68 Å². The average Bonchev–Trinajstić information content (AvgIpc) is 2.93. The standard InChI is InChI=1S/C13H10F6N4O2/c1-6(10(20)24)25-11-21-5-23(22-11)9-3-7(12(14,15)16)2-8(4-9)13(17,18)19/h2-6H,1H3,(H2,20,24). The smallest absolute Gasteiger partial charge is 0.416 e. The molecule has 12 heteroatoms. The van der Waals surface area contributed by atoms with Gasteiger partial charge in [-0.2, -0.15) is 31.3 Å². The second kappa shape index (κ2) is 6.26. The Kier molecular flexibility index (Phi) is 4.64. The molecule has 1 aromatic heterocycles. The van der Waals surface area contributed by atoms with Crippen LogP contribution in [0.3, 0.4) is 0 Å². The van der Waals surface area contributed by atoms with Crippen LogP contribution in [0, 0.1) is 0 Å². The number of rotatable bonds is 4. The van der Waals surface area contributed by atoms with Crippen LogP contribution in [0.25, 0.3) is 5.69 Å². The first kappa shape index (κ1) is 18.5. The molecule has 2 rings (SSSR count). The number of nitrogens with two attached hydrogens (primary N) is 1. The number of aromatic nitrogens is 3. The van der Waals surface area contributed by atoms with E-state index in [1.54, 1.807) is 0 Å². The van der Waals surface area contributed by atoms with Crippen LogP contribution in [-0.2, 0) is 17.1 Å². The molecule has 0 aliphatic carbocycles. The normalized spacial score (nSPS) is 13.6. The van der Waals surface area contributed by atoms with Crippen molar-refractivity contribution in [2.24, 2.45) is 5.73 Å². The van der Waals surface area contributed by atoms with E-state index < -0.39 is 47.2 Å². The number of hydrogen-bond acceptors (Lipinski definition) is 4. The van der Waals surface area contributed by atoms with Crippen molar-refractivity contribution in [3.63, 3.8) is 0 Å². The maximum atomic E-state index is 12.8. The fourth-order valence-corrected chi connectivity index (χ4v) is 1.71. The molecule has 0 fully saturated rings. The van der Waals surface area contributed by atoms with Gasteiger partial charge in [0.25, 0.3) is 5.91 Å². The highest BCUT2D eigenvalue weighted by Gasteiger charge is 2.37. The van der Waals surface area contributed by atoms with Gasteiger partial charge in [0.15, 0.2) is 6.10 Å². The molecule has 25 heavy (non-hydrogen) atoms. The summed E-state index contributed by atoms with van der Waals surface area (Å²) in [6.45, 7) is 1.27. The van der Waals surface area contributed by atoms with E-state index in [0.29, 0.717) is 16.8 Å². The summed E-state index contributed by atoms with van der Waals surface area (Å²) in [6.07, 6.45) is -10.3. The Morgan fingerprint density at radius 3 is 2.08 bits per heavy atom. The van der Waals surface area contributed by atoms with E-state index >= 15 is 0 Å². The van der Waals surface area contributed by atoms with E-state index in [9.17, 15) is 31.1 Å². The molecule has 1 amide bonds. The second-order valence-corrected chi connectivity index (χ2v) is 4.90. The molecule has 1 aromatic carbocycles. The number of alkyl halides is 6. The van der Waals surface area contributed by atoms with Crippen molar-refractivity contribution >= 4 is 5.91 Å². The molecule has 0 saturated heterocycles. The summed E-state index contributed by atoms with van der Waals surface area (Å²) in [4.78, 5) is 14.4.